The number of furan rings is 1. The number of para-hydroxylation sites is 2. The number of fused-ring (bicyclic) bond motifs is 8. The van der Waals surface area contributed by atoms with Crippen molar-refractivity contribution in [2.45, 2.75) is 40.0 Å². The number of rotatable bonds is 3. The second kappa shape index (κ2) is 13.5. The van der Waals surface area contributed by atoms with E-state index in [1.54, 1.807) is 6.26 Å². The summed E-state index contributed by atoms with van der Waals surface area (Å²) in [6.07, 6.45) is 3.56. The lowest BCUT2D eigenvalue weighted by Gasteiger charge is -2.19. The van der Waals surface area contributed by atoms with E-state index in [0.717, 1.165) is 55.4 Å². The molecule has 0 aliphatic carbocycles. The zero-order valence-electron chi connectivity index (χ0n) is 29.4. The molecule has 4 nitrogen and oxygen atoms in total. The second-order valence-electron chi connectivity index (χ2n) is 13.1. The average Bonchev–Trinajstić information content (AvgIpc) is 3.72. The van der Waals surface area contributed by atoms with Gasteiger partial charge in [0.2, 0.25) is 5.95 Å². The van der Waals surface area contributed by atoms with Crippen LogP contribution in [0.5, 0.6) is 0 Å². The summed E-state index contributed by atoms with van der Waals surface area (Å²) in [7, 11) is 0. The van der Waals surface area contributed by atoms with Crippen molar-refractivity contribution in [3.05, 3.63) is 139 Å². The molecule has 0 bridgehead atoms. The number of hydrogen-bond donors (Lipinski definition) is 1. The highest BCUT2D eigenvalue weighted by Crippen LogP contribution is 2.39. The maximum Gasteiger partial charge on any atom is 0.235 e. The van der Waals surface area contributed by atoms with Crippen LogP contribution in [0.15, 0.2) is 138 Å². The second-order valence-corrected chi connectivity index (χ2v) is 13.1. The average molecular weight is 672 g/mol. The van der Waals surface area contributed by atoms with Crippen molar-refractivity contribution in [3.63, 3.8) is 0 Å². The van der Waals surface area contributed by atoms with Gasteiger partial charge in [-0.05, 0) is 70.0 Å². The van der Waals surface area contributed by atoms with Crippen molar-refractivity contribution in [2.24, 2.45) is 0 Å². The van der Waals surface area contributed by atoms with Crippen LogP contribution in [-0.4, -0.2) is 20.8 Å². The topological polar surface area (TPSA) is 43.9 Å². The molecule has 0 aliphatic rings. The van der Waals surface area contributed by atoms with Gasteiger partial charge >= 0.3 is 0 Å². The van der Waals surface area contributed by atoms with Crippen molar-refractivity contribution in [1.82, 2.24) is 14.5 Å². The Morgan fingerprint density at radius 2 is 1.32 bits per heavy atom. The molecule has 0 saturated heterocycles. The van der Waals surface area contributed by atoms with Crippen molar-refractivity contribution in [3.8, 4) is 28.3 Å². The molecule has 0 atom stereocenters. The Labute approximate surface area is 298 Å². The molecule has 50 heavy (non-hydrogen) atoms. The molecule has 9 rings (SSSR count). The Kier molecular flexibility index (Phi) is 8.94. The van der Waals surface area contributed by atoms with Crippen LogP contribution >= 0.6 is 12.6 Å². The zero-order valence-corrected chi connectivity index (χ0v) is 30.3. The Balaban J connectivity index is 0.000000948. The van der Waals surface area contributed by atoms with Crippen LogP contribution in [0.4, 0.5) is 0 Å². The molecule has 0 saturated carbocycles. The van der Waals surface area contributed by atoms with Gasteiger partial charge in [-0.2, -0.15) is 12.6 Å². The smallest absolute Gasteiger partial charge is 0.235 e. The van der Waals surface area contributed by atoms with E-state index in [1.165, 1.54) is 27.1 Å². The van der Waals surface area contributed by atoms with Gasteiger partial charge in [0.1, 0.15) is 11.2 Å². The van der Waals surface area contributed by atoms with Crippen LogP contribution in [0.3, 0.4) is 0 Å². The van der Waals surface area contributed by atoms with E-state index in [-0.39, 0.29) is 5.41 Å². The zero-order chi connectivity index (χ0) is 35.0. The highest BCUT2D eigenvalue weighted by Gasteiger charge is 2.21. The van der Waals surface area contributed by atoms with Crippen molar-refractivity contribution in [1.29, 1.82) is 0 Å². The summed E-state index contributed by atoms with van der Waals surface area (Å²) in [5.41, 5.74) is 9.37. The monoisotopic (exact) mass is 671 g/mol. The summed E-state index contributed by atoms with van der Waals surface area (Å²) >= 11 is 3.53. The Hall–Kier alpha value is -5.39. The van der Waals surface area contributed by atoms with Gasteiger partial charge in [-0.25, -0.2) is 9.97 Å². The van der Waals surface area contributed by atoms with Crippen LogP contribution in [0.2, 0.25) is 0 Å². The van der Waals surface area contributed by atoms with Gasteiger partial charge in [-0.1, -0.05) is 126 Å². The molecule has 0 radical (unpaired) electrons. The normalized spacial score (nSPS) is 11.5. The third-order valence-electron chi connectivity index (χ3n) is 9.24. The minimum Gasteiger partial charge on any atom is -0.455 e. The van der Waals surface area contributed by atoms with Gasteiger partial charge in [-0.15, -0.1) is 0 Å². The fourth-order valence-electron chi connectivity index (χ4n) is 6.91. The molecular weight excluding hydrogens is 631 g/mol. The first-order valence-corrected chi connectivity index (χ1v) is 18.1. The number of nitrogens with zero attached hydrogens (tertiary/aromatic N) is 3. The standard InChI is InChI=1S/C42H31N3O.C2H6.CH4S/c1-42(2,3)29-19-21-36-34(25-29)39-30-13-5-4-10-26(30)18-20-37(39)45(36)41-43-23-22-35(44-41)28-12-8-11-27(24-28)31-15-9-16-33-32-14-6-7-17-38(32)46-40(31)33;2*1-2/h4-25H,1-3H3;1-2H3;2H,1H3. The molecule has 9 aromatic rings. The molecule has 0 spiro atoms. The van der Waals surface area contributed by atoms with E-state index in [1.807, 2.05) is 38.2 Å². The molecule has 0 unspecified atom stereocenters. The number of thiol groups is 1. The van der Waals surface area contributed by atoms with Gasteiger partial charge < -0.3 is 4.42 Å². The maximum absolute atomic E-state index is 6.36. The van der Waals surface area contributed by atoms with Crippen LogP contribution in [0, 0.1) is 0 Å². The summed E-state index contributed by atoms with van der Waals surface area (Å²) in [6.45, 7) is 10.8. The fraction of sp³-hybridized carbons (Fsp3) is 0.156. The fourth-order valence-corrected chi connectivity index (χ4v) is 6.91. The summed E-state index contributed by atoms with van der Waals surface area (Å²) in [5, 5.41) is 7.16. The van der Waals surface area contributed by atoms with Crippen molar-refractivity contribution in [2.75, 3.05) is 6.26 Å². The lowest BCUT2D eigenvalue weighted by atomic mass is 9.86. The number of hydrogen-bond acceptors (Lipinski definition) is 4. The molecule has 5 heteroatoms. The minimum atomic E-state index is 0.0291. The van der Waals surface area contributed by atoms with Crippen LogP contribution in [-0.2, 0) is 5.41 Å². The SMILES string of the molecule is CC.CC(C)(C)c1ccc2c(c1)c1c3ccccc3ccc1n2-c1nccc(-c2cccc(-c3cccc4c3oc3ccccc34)c2)n1.CS. The molecular formula is C45H41N3OS. The first-order valence-electron chi connectivity index (χ1n) is 17.2. The van der Waals surface area contributed by atoms with E-state index < -0.39 is 0 Å². The van der Waals surface area contributed by atoms with Gasteiger partial charge in [-0.3, -0.25) is 4.57 Å². The predicted molar refractivity (Wildman–Crippen MR) is 217 cm³/mol. The van der Waals surface area contributed by atoms with Crippen LogP contribution in [0.1, 0.15) is 40.2 Å². The Bertz CT molecular complexity index is 2640. The summed E-state index contributed by atoms with van der Waals surface area (Å²) in [5.74, 6) is 0.654. The third kappa shape index (κ3) is 5.62. The van der Waals surface area contributed by atoms with Crippen LogP contribution in [0.25, 0.3) is 82.8 Å². The molecule has 3 aromatic heterocycles. The molecule has 0 N–H and O–H groups in total. The lowest BCUT2D eigenvalue weighted by molar-refractivity contribution is 0.591. The molecule has 6 aromatic carbocycles. The minimum absolute atomic E-state index is 0.0291. The van der Waals surface area contributed by atoms with Gasteiger partial charge in [0.25, 0.3) is 0 Å². The lowest BCUT2D eigenvalue weighted by Crippen LogP contribution is -2.10. The van der Waals surface area contributed by atoms with Crippen LogP contribution < -0.4 is 0 Å². The molecule has 0 amide bonds. The third-order valence-corrected chi connectivity index (χ3v) is 9.24. The summed E-state index contributed by atoms with van der Waals surface area (Å²) in [4.78, 5) is 10.0. The van der Waals surface area contributed by atoms with E-state index in [2.05, 4.69) is 147 Å². The quantitative estimate of drug-likeness (QED) is 0.190. The summed E-state index contributed by atoms with van der Waals surface area (Å²) in [6, 6.07) is 45.0. The van der Waals surface area contributed by atoms with E-state index in [4.69, 9.17) is 14.4 Å². The highest BCUT2D eigenvalue weighted by molar-refractivity contribution is 7.79. The first kappa shape index (κ1) is 33.1. The largest absolute Gasteiger partial charge is 0.455 e. The van der Waals surface area contributed by atoms with Gasteiger partial charge in [0.05, 0.1) is 16.7 Å². The van der Waals surface area contributed by atoms with Crippen molar-refractivity contribution >= 4 is 67.1 Å². The predicted octanol–water partition coefficient (Wildman–Crippen LogP) is 12.8. The van der Waals surface area contributed by atoms with E-state index in [9.17, 15) is 0 Å². The van der Waals surface area contributed by atoms with Crippen molar-refractivity contribution < 1.29 is 4.42 Å². The molecule has 248 valence electrons. The van der Waals surface area contributed by atoms with Gasteiger partial charge in [0, 0.05) is 38.9 Å². The highest BCUT2D eigenvalue weighted by atomic mass is 32.1. The maximum atomic E-state index is 6.36. The van der Waals surface area contributed by atoms with E-state index in [0.29, 0.717) is 5.95 Å². The Morgan fingerprint density at radius 1 is 0.620 bits per heavy atom. The first-order chi connectivity index (χ1) is 24.4. The van der Waals surface area contributed by atoms with E-state index >= 15 is 0 Å². The molecule has 3 heterocycles. The molecule has 0 fully saturated rings. The molecule has 0 aliphatic heterocycles. The van der Waals surface area contributed by atoms with Gasteiger partial charge in [0.15, 0.2) is 0 Å². The summed E-state index contributed by atoms with van der Waals surface area (Å²) < 4.78 is 8.58. The number of aromatic nitrogens is 3. The number of benzene rings is 6. The Morgan fingerprint density at radius 3 is 2.14 bits per heavy atom.